The Morgan fingerprint density at radius 1 is 1.60 bits per heavy atom. The van der Waals surface area contributed by atoms with Gasteiger partial charge < -0.3 is 9.84 Å². The van der Waals surface area contributed by atoms with Crippen LogP contribution in [0.3, 0.4) is 0 Å². The fraction of sp³-hybridized carbons (Fsp3) is 0.125. The fourth-order valence-electron chi connectivity index (χ4n) is 1.00. The van der Waals surface area contributed by atoms with Crippen LogP contribution in [0.25, 0.3) is 0 Å². The number of nitrogens with zero attached hydrogens (tertiary/aromatic N) is 1. The van der Waals surface area contributed by atoms with E-state index in [1.807, 2.05) is 0 Å². The van der Waals surface area contributed by atoms with Gasteiger partial charge in [-0.1, -0.05) is 0 Å². The van der Waals surface area contributed by atoms with E-state index in [9.17, 15) is 24.4 Å². The van der Waals surface area contributed by atoms with Crippen molar-refractivity contribution in [1.29, 1.82) is 0 Å². The Bertz CT molecular complexity index is 431. The van der Waals surface area contributed by atoms with Crippen LogP contribution in [-0.2, 0) is 4.74 Å². The summed E-state index contributed by atoms with van der Waals surface area (Å²) in [5.74, 6) is -3.23. The summed E-state index contributed by atoms with van der Waals surface area (Å²) in [5.41, 5.74) is -1.59. The lowest BCUT2D eigenvalue weighted by Crippen LogP contribution is -2.04. The number of benzene rings is 1. The van der Waals surface area contributed by atoms with Crippen molar-refractivity contribution in [3.05, 3.63) is 33.6 Å². The van der Waals surface area contributed by atoms with E-state index in [-0.39, 0.29) is 0 Å². The molecule has 0 aromatic heterocycles. The van der Waals surface area contributed by atoms with Crippen molar-refractivity contribution in [2.24, 2.45) is 0 Å². The smallest absolute Gasteiger partial charge is 0.346 e. The number of carbonyl (C=O) groups is 1. The van der Waals surface area contributed by atoms with E-state index in [1.54, 1.807) is 0 Å². The van der Waals surface area contributed by atoms with E-state index in [1.165, 1.54) is 0 Å². The summed E-state index contributed by atoms with van der Waals surface area (Å²) in [4.78, 5) is 20.2. The maximum absolute atomic E-state index is 12.9. The number of halogens is 1. The molecule has 0 radical (unpaired) electrons. The predicted octanol–water partition coefficient (Wildman–Crippen LogP) is 1.23. The molecule has 0 spiro atoms. The van der Waals surface area contributed by atoms with E-state index in [0.717, 1.165) is 13.2 Å². The van der Waals surface area contributed by atoms with Crippen LogP contribution in [0.1, 0.15) is 10.4 Å². The van der Waals surface area contributed by atoms with E-state index in [0.29, 0.717) is 6.07 Å². The van der Waals surface area contributed by atoms with Crippen LogP contribution in [-0.4, -0.2) is 23.1 Å². The van der Waals surface area contributed by atoms with Crippen molar-refractivity contribution < 1.29 is 24.0 Å². The number of rotatable bonds is 2. The second-order valence-corrected chi connectivity index (χ2v) is 2.54. The van der Waals surface area contributed by atoms with Crippen molar-refractivity contribution in [1.82, 2.24) is 0 Å². The van der Waals surface area contributed by atoms with Crippen LogP contribution < -0.4 is 0 Å². The number of phenols is 1. The molecule has 0 bridgehead atoms. The first kappa shape index (κ1) is 10.9. The number of nitro groups is 1. The van der Waals surface area contributed by atoms with E-state index < -0.39 is 33.7 Å². The van der Waals surface area contributed by atoms with Gasteiger partial charge in [0, 0.05) is 0 Å². The molecule has 0 aliphatic carbocycles. The molecule has 0 aliphatic heterocycles. The number of nitro benzene ring substituents is 1. The summed E-state index contributed by atoms with van der Waals surface area (Å²) in [6.07, 6.45) is 0. The van der Waals surface area contributed by atoms with Gasteiger partial charge in [0.05, 0.1) is 12.0 Å². The van der Waals surface area contributed by atoms with Crippen LogP contribution in [0.15, 0.2) is 12.1 Å². The number of phenolic OH excluding ortho intramolecular Hbond substituents is 1. The molecule has 0 amide bonds. The van der Waals surface area contributed by atoms with E-state index in [4.69, 9.17) is 0 Å². The largest absolute Gasteiger partial charge is 0.501 e. The SMILES string of the molecule is COC(=O)c1ccc(F)c([N+](=O)[O-])c1O. The summed E-state index contributed by atoms with van der Waals surface area (Å²) < 4.78 is 17.1. The number of carbonyl (C=O) groups excluding carboxylic acids is 1. The highest BCUT2D eigenvalue weighted by atomic mass is 19.1. The first-order chi connectivity index (χ1) is 6.99. The molecule has 0 atom stereocenters. The minimum absolute atomic E-state index is 0.453. The van der Waals surface area contributed by atoms with Crippen molar-refractivity contribution in [3.8, 4) is 5.75 Å². The topological polar surface area (TPSA) is 89.7 Å². The minimum atomic E-state index is -1.22. The van der Waals surface area contributed by atoms with Crippen LogP contribution in [0.2, 0.25) is 0 Å². The molecule has 6 nitrogen and oxygen atoms in total. The first-order valence-electron chi connectivity index (χ1n) is 3.73. The summed E-state index contributed by atoms with van der Waals surface area (Å²) >= 11 is 0. The van der Waals surface area contributed by atoms with Gasteiger partial charge in [-0.05, 0) is 12.1 Å². The predicted molar refractivity (Wildman–Crippen MR) is 46.1 cm³/mol. The van der Waals surface area contributed by atoms with Crippen LogP contribution in [0.4, 0.5) is 10.1 Å². The zero-order valence-electron chi connectivity index (χ0n) is 7.56. The third-order valence-corrected chi connectivity index (χ3v) is 1.69. The van der Waals surface area contributed by atoms with Crippen molar-refractivity contribution in [2.45, 2.75) is 0 Å². The highest BCUT2D eigenvalue weighted by molar-refractivity contribution is 5.93. The molecule has 0 saturated carbocycles. The van der Waals surface area contributed by atoms with E-state index >= 15 is 0 Å². The maximum atomic E-state index is 12.9. The maximum Gasteiger partial charge on any atom is 0.346 e. The molecule has 0 saturated heterocycles. The zero-order valence-corrected chi connectivity index (χ0v) is 7.56. The standard InChI is InChI=1S/C8H6FNO5/c1-15-8(12)4-2-3-5(9)6(7(4)11)10(13)14/h2-3,11H,1H3. The Balaban J connectivity index is 3.41. The van der Waals surface area contributed by atoms with Gasteiger partial charge in [0.15, 0.2) is 0 Å². The Morgan fingerprint density at radius 2 is 2.20 bits per heavy atom. The molecule has 0 fully saturated rings. The van der Waals surface area contributed by atoms with Gasteiger partial charge in [-0.15, -0.1) is 0 Å². The Hall–Kier alpha value is -2.18. The van der Waals surface area contributed by atoms with Gasteiger partial charge in [-0.3, -0.25) is 10.1 Å². The number of esters is 1. The van der Waals surface area contributed by atoms with Gasteiger partial charge in [0.1, 0.15) is 5.56 Å². The van der Waals surface area contributed by atoms with Gasteiger partial charge in [0.25, 0.3) is 0 Å². The zero-order chi connectivity index (χ0) is 11.6. The second kappa shape index (κ2) is 3.91. The number of hydrogen-bond acceptors (Lipinski definition) is 5. The number of methoxy groups -OCH3 is 1. The molecule has 0 heterocycles. The first-order valence-corrected chi connectivity index (χ1v) is 3.73. The van der Waals surface area contributed by atoms with Gasteiger partial charge in [-0.25, -0.2) is 4.79 Å². The van der Waals surface area contributed by atoms with Crippen LogP contribution in [0.5, 0.6) is 5.75 Å². The Kier molecular flexibility index (Phi) is 2.84. The third-order valence-electron chi connectivity index (χ3n) is 1.69. The summed E-state index contributed by atoms with van der Waals surface area (Å²) in [5, 5.41) is 19.6. The molecule has 7 heteroatoms. The molecular weight excluding hydrogens is 209 g/mol. The Labute approximate surface area is 83.0 Å². The lowest BCUT2D eigenvalue weighted by Gasteiger charge is -2.03. The normalized spacial score (nSPS) is 9.73. The molecular formula is C8H6FNO5. The molecule has 1 aromatic rings. The van der Waals surface area contributed by atoms with Gasteiger partial charge >= 0.3 is 11.7 Å². The van der Waals surface area contributed by atoms with Crippen molar-refractivity contribution in [3.63, 3.8) is 0 Å². The molecule has 15 heavy (non-hydrogen) atoms. The molecule has 1 N–H and O–H groups in total. The summed E-state index contributed by atoms with van der Waals surface area (Å²) in [6.45, 7) is 0. The van der Waals surface area contributed by atoms with E-state index in [2.05, 4.69) is 4.74 Å². The lowest BCUT2D eigenvalue weighted by molar-refractivity contribution is -0.388. The summed E-state index contributed by atoms with van der Waals surface area (Å²) in [6, 6.07) is 1.62. The molecule has 1 rings (SSSR count). The molecule has 0 unspecified atom stereocenters. The molecule has 1 aromatic carbocycles. The number of ether oxygens (including phenoxy) is 1. The van der Waals surface area contributed by atoms with Crippen molar-refractivity contribution in [2.75, 3.05) is 7.11 Å². The second-order valence-electron chi connectivity index (χ2n) is 2.54. The Morgan fingerprint density at radius 3 is 2.67 bits per heavy atom. The average molecular weight is 215 g/mol. The average Bonchev–Trinajstić information content (AvgIpc) is 2.16. The van der Waals surface area contributed by atoms with Crippen LogP contribution in [0, 0.1) is 15.9 Å². The highest BCUT2D eigenvalue weighted by Gasteiger charge is 2.26. The van der Waals surface area contributed by atoms with Gasteiger partial charge in [-0.2, -0.15) is 4.39 Å². The van der Waals surface area contributed by atoms with Gasteiger partial charge in [0.2, 0.25) is 11.6 Å². The molecule has 0 aliphatic rings. The number of aromatic hydroxyl groups is 1. The monoisotopic (exact) mass is 215 g/mol. The lowest BCUT2D eigenvalue weighted by atomic mass is 10.1. The minimum Gasteiger partial charge on any atom is -0.501 e. The quantitative estimate of drug-likeness (QED) is 0.455. The highest BCUT2D eigenvalue weighted by Crippen LogP contribution is 2.32. The van der Waals surface area contributed by atoms with Crippen molar-refractivity contribution >= 4 is 11.7 Å². The fourth-order valence-corrected chi connectivity index (χ4v) is 1.00. The third kappa shape index (κ3) is 1.85. The summed E-state index contributed by atoms with van der Waals surface area (Å²) in [7, 11) is 1.04. The number of hydrogen-bond donors (Lipinski definition) is 1. The van der Waals surface area contributed by atoms with Crippen LogP contribution >= 0.6 is 0 Å². The molecule has 80 valence electrons.